The average Bonchev–Trinajstić information content (AvgIpc) is 2.40. The molecule has 94 valence electrons. The molecule has 1 atom stereocenters. The fraction of sp³-hybridized carbons (Fsp3) is 0.214. The van der Waals surface area contributed by atoms with Crippen LogP contribution in [0.4, 0.5) is 5.69 Å². The summed E-state index contributed by atoms with van der Waals surface area (Å²) in [6.07, 6.45) is 3.51. The molecular weight excluding hydrogens is 228 g/mol. The van der Waals surface area contributed by atoms with E-state index in [9.17, 15) is 5.11 Å². The van der Waals surface area contributed by atoms with Crippen LogP contribution in [0.15, 0.2) is 42.7 Å². The molecule has 0 fully saturated rings. The second kappa shape index (κ2) is 5.40. The van der Waals surface area contributed by atoms with E-state index in [0.717, 1.165) is 11.3 Å². The van der Waals surface area contributed by atoms with Crippen molar-refractivity contribution < 1.29 is 9.84 Å². The van der Waals surface area contributed by atoms with Gasteiger partial charge in [0.1, 0.15) is 0 Å². The van der Waals surface area contributed by atoms with Gasteiger partial charge in [-0.1, -0.05) is 6.07 Å². The molecule has 0 aliphatic rings. The Labute approximate surface area is 106 Å². The van der Waals surface area contributed by atoms with Crippen molar-refractivity contribution in [2.45, 2.75) is 13.0 Å². The maximum Gasteiger partial charge on any atom is 0.160 e. The van der Waals surface area contributed by atoms with E-state index >= 15 is 0 Å². The van der Waals surface area contributed by atoms with E-state index in [4.69, 9.17) is 4.74 Å². The van der Waals surface area contributed by atoms with Gasteiger partial charge in [-0.3, -0.25) is 4.98 Å². The van der Waals surface area contributed by atoms with Gasteiger partial charge in [-0.15, -0.1) is 0 Å². The molecule has 18 heavy (non-hydrogen) atoms. The number of anilines is 1. The summed E-state index contributed by atoms with van der Waals surface area (Å²) in [7, 11) is 1.54. The summed E-state index contributed by atoms with van der Waals surface area (Å²) in [6, 6.07) is 9.27. The number of rotatable bonds is 4. The van der Waals surface area contributed by atoms with Gasteiger partial charge < -0.3 is 15.2 Å². The average molecular weight is 244 g/mol. The first kappa shape index (κ1) is 12.2. The molecule has 1 aromatic carbocycles. The minimum atomic E-state index is 0.101. The maximum absolute atomic E-state index is 9.55. The van der Waals surface area contributed by atoms with Crippen LogP contribution in [-0.2, 0) is 0 Å². The van der Waals surface area contributed by atoms with Crippen molar-refractivity contribution in [2.75, 3.05) is 12.4 Å². The Morgan fingerprint density at radius 1 is 1.33 bits per heavy atom. The van der Waals surface area contributed by atoms with E-state index in [1.54, 1.807) is 18.5 Å². The van der Waals surface area contributed by atoms with E-state index in [0.29, 0.717) is 5.75 Å². The fourth-order valence-electron chi connectivity index (χ4n) is 1.75. The van der Waals surface area contributed by atoms with Gasteiger partial charge in [-0.25, -0.2) is 0 Å². The lowest BCUT2D eigenvalue weighted by atomic mass is 10.1. The second-order valence-corrected chi connectivity index (χ2v) is 4.04. The zero-order valence-electron chi connectivity index (χ0n) is 10.4. The molecule has 4 heteroatoms. The van der Waals surface area contributed by atoms with E-state index in [2.05, 4.69) is 10.3 Å². The van der Waals surface area contributed by atoms with Crippen molar-refractivity contribution in [2.24, 2.45) is 0 Å². The number of phenolic OH excluding ortho intramolecular Hbond substituents is 1. The molecular formula is C14H16N2O2. The van der Waals surface area contributed by atoms with Crippen molar-refractivity contribution >= 4 is 5.69 Å². The lowest BCUT2D eigenvalue weighted by Gasteiger charge is -2.16. The van der Waals surface area contributed by atoms with Crippen LogP contribution < -0.4 is 10.1 Å². The second-order valence-electron chi connectivity index (χ2n) is 4.04. The molecule has 0 spiro atoms. The summed E-state index contributed by atoms with van der Waals surface area (Å²) in [4.78, 5) is 4.05. The fourth-order valence-corrected chi connectivity index (χ4v) is 1.75. The lowest BCUT2D eigenvalue weighted by Crippen LogP contribution is -2.06. The Bertz CT molecular complexity index is 514. The largest absolute Gasteiger partial charge is 0.504 e. The molecule has 0 saturated carbocycles. The van der Waals surface area contributed by atoms with Gasteiger partial charge >= 0.3 is 0 Å². The first-order valence-electron chi connectivity index (χ1n) is 5.74. The summed E-state index contributed by atoms with van der Waals surface area (Å²) >= 11 is 0. The Morgan fingerprint density at radius 3 is 2.83 bits per heavy atom. The highest BCUT2D eigenvalue weighted by Crippen LogP contribution is 2.29. The third kappa shape index (κ3) is 2.71. The first-order chi connectivity index (χ1) is 8.70. The highest BCUT2D eigenvalue weighted by molar-refractivity contribution is 5.46. The molecule has 2 rings (SSSR count). The number of ether oxygens (including phenoxy) is 1. The number of nitrogens with zero attached hydrogens (tertiary/aromatic N) is 1. The van der Waals surface area contributed by atoms with Gasteiger partial charge in [0, 0.05) is 18.4 Å². The molecule has 0 aliphatic carbocycles. The quantitative estimate of drug-likeness (QED) is 0.868. The lowest BCUT2D eigenvalue weighted by molar-refractivity contribution is 0.373. The Hall–Kier alpha value is -2.23. The molecule has 0 aliphatic heterocycles. The van der Waals surface area contributed by atoms with E-state index in [1.165, 1.54) is 7.11 Å². The molecule has 2 N–H and O–H groups in total. The van der Waals surface area contributed by atoms with Crippen LogP contribution in [0.1, 0.15) is 18.5 Å². The molecule has 0 bridgehead atoms. The number of phenols is 1. The van der Waals surface area contributed by atoms with Gasteiger partial charge in [0.15, 0.2) is 11.5 Å². The maximum atomic E-state index is 9.55. The zero-order chi connectivity index (χ0) is 13.0. The van der Waals surface area contributed by atoms with Crippen molar-refractivity contribution in [1.29, 1.82) is 0 Å². The number of benzene rings is 1. The standard InChI is InChI=1S/C14H16N2O2/c1-10(16-12-4-3-7-15-9-12)11-5-6-13(17)14(8-11)18-2/h3-10,16-17H,1-2H3. The molecule has 4 nitrogen and oxygen atoms in total. The van der Waals surface area contributed by atoms with Crippen molar-refractivity contribution in [3.05, 3.63) is 48.3 Å². The summed E-state index contributed by atoms with van der Waals surface area (Å²) < 4.78 is 5.10. The molecule has 0 saturated heterocycles. The van der Waals surface area contributed by atoms with E-state index < -0.39 is 0 Å². The monoisotopic (exact) mass is 244 g/mol. The number of pyridine rings is 1. The summed E-state index contributed by atoms with van der Waals surface area (Å²) in [5, 5.41) is 12.9. The Balaban J connectivity index is 2.16. The van der Waals surface area contributed by atoms with Gasteiger partial charge in [0.2, 0.25) is 0 Å². The number of nitrogens with one attached hydrogen (secondary N) is 1. The molecule has 1 heterocycles. The Morgan fingerprint density at radius 2 is 2.17 bits per heavy atom. The van der Waals surface area contributed by atoms with Gasteiger partial charge in [-0.2, -0.15) is 0 Å². The van der Waals surface area contributed by atoms with Gasteiger partial charge in [0.05, 0.1) is 12.8 Å². The highest BCUT2D eigenvalue weighted by atomic mass is 16.5. The van der Waals surface area contributed by atoms with Crippen LogP contribution in [-0.4, -0.2) is 17.2 Å². The van der Waals surface area contributed by atoms with Crippen LogP contribution in [0.3, 0.4) is 0 Å². The van der Waals surface area contributed by atoms with Crippen LogP contribution in [0, 0.1) is 0 Å². The zero-order valence-corrected chi connectivity index (χ0v) is 10.4. The molecule has 1 unspecified atom stereocenters. The number of hydrogen-bond acceptors (Lipinski definition) is 4. The summed E-state index contributed by atoms with van der Waals surface area (Å²) in [6.45, 7) is 2.04. The van der Waals surface area contributed by atoms with E-state index in [-0.39, 0.29) is 11.8 Å². The van der Waals surface area contributed by atoms with Gasteiger partial charge in [-0.05, 0) is 36.8 Å². The van der Waals surface area contributed by atoms with Crippen molar-refractivity contribution in [3.8, 4) is 11.5 Å². The first-order valence-corrected chi connectivity index (χ1v) is 5.74. The predicted molar refractivity (Wildman–Crippen MR) is 70.9 cm³/mol. The molecule has 2 aromatic rings. The molecule has 1 aromatic heterocycles. The molecule has 0 amide bonds. The minimum Gasteiger partial charge on any atom is -0.504 e. The van der Waals surface area contributed by atoms with E-state index in [1.807, 2.05) is 31.2 Å². The van der Waals surface area contributed by atoms with Gasteiger partial charge in [0.25, 0.3) is 0 Å². The topological polar surface area (TPSA) is 54.4 Å². The van der Waals surface area contributed by atoms with Crippen LogP contribution in [0.2, 0.25) is 0 Å². The predicted octanol–water partition coefficient (Wildman–Crippen LogP) is 2.97. The smallest absolute Gasteiger partial charge is 0.160 e. The van der Waals surface area contributed by atoms with Crippen LogP contribution in [0.5, 0.6) is 11.5 Å². The van der Waals surface area contributed by atoms with Crippen LogP contribution >= 0.6 is 0 Å². The summed E-state index contributed by atoms with van der Waals surface area (Å²) in [5.41, 5.74) is 1.99. The normalized spacial score (nSPS) is 11.9. The van der Waals surface area contributed by atoms with Crippen LogP contribution in [0.25, 0.3) is 0 Å². The minimum absolute atomic E-state index is 0.101. The third-order valence-corrected chi connectivity index (χ3v) is 2.75. The number of aromatic hydroxyl groups is 1. The number of methoxy groups -OCH3 is 1. The highest BCUT2D eigenvalue weighted by Gasteiger charge is 2.09. The third-order valence-electron chi connectivity index (χ3n) is 2.75. The van der Waals surface area contributed by atoms with Crippen molar-refractivity contribution in [1.82, 2.24) is 4.98 Å². The molecule has 0 radical (unpaired) electrons. The number of hydrogen-bond donors (Lipinski definition) is 2. The summed E-state index contributed by atoms with van der Waals surface area (Å²) in [5.74, 6) is 0.627. The number of aromatic nitrogens is 1. The Kier molecular flexibility index (Phi) is 3.67. The van der Waals surface area contributed by atoms with Crippen molar-refractivity contribution in [3.63, 3.8) is 0 Å². The SMILES string of the molecule is COc1cc(C(C)Nc2cccnc2)ccc1O.